The molecule has 1 saturated heterocycles. The van der Waals surface area contributed by atoms with Gasteiger partial charge in [0.2, 0.25) is 0 Å². The molecule has 0 bridgehead atoms. The molecule has 184 valence electrons. The van der Waals surface area contributed by atoms with Crippen molar-refractivity contribution >= 4 is 29.1 Å². The molecule has 0 aliphatic carbocycles. The summed E-state index contributed by atoms with van der Waals surface area (Å²) >= 11 is 6.08. The average molecular weight is 494 g/mol. The summed E-state index contributed by atoms with van der Waals surface area (Å²) in [6.07, 6.45) is 1.58. The summed E-state index contributed by atoms with van der Waals surface area (Å²) in [5.74, 6) is 2.53. The summed E-state index contributed by atoms with van der Waals surface area (Å²) in [5, 5.41) is 3.71. The van der Waals surface area contributed by atoms with Crippen molar-refractivity contribution in [2.45, 2.75) is 33.6 Å². The Morgan fingerprint density at radius 1 is 1.00 bits per heavy atom. The number of piperazine rings is 1. The van der Waals surface area contributed by atoms with Gasteiger partial charge in [-0.2, -0.15) is 0 Å². The van der Waals surface area contributed by atoms with Crippen molar-refractivity contribution in [3.63, 3.8) is 0 Å². The number of benzene rings is 2. The minimum absolute atomic E-state index is 0.0942. The summed E-state index contributed by atoms with van der Waals surface area (Å²) in [4.78, 5) is 26.5. The van der Waals surface area contributed by atoms with Crippen LogP contribution in [-0.2, 0) is 12.8 Å². The Hall–Kier alpha value is -3.32. The first-order valence-electron chi connectivity index (χ1n) is 12.1. The molecule has 2 aromatic carbocycles. The van der Waals surface area contributed by atoms with Crippen LogP contribution in [0.25, 0.3) is 0 Å². The highest BCUT2D eigenvalue weighted by molar-refractivity contribution is 6.30. The van der Waals surface area contributed by atoms with Crippen molar-refractivity contribution in [3.05, 3.63) is 76.2 Å². The van der Waals surface area contributed by atoms with Crippen LogP contribution in [0.5, 0.6) is 5.75 Å². The second-order valence-electron chi connectivity index (χ2n) is 8.54. The molecule has 0 saturated carbocycles. The lowest BCUT2D eigenvalue weighted by Crippen LogP contribution is -2.50. The number of aromatic nitrogens is 2. The van der Waals surface area contributed by atoms with Gasteiger partial charge in [-0.1, -0.05) is 30.7 Å². The van der Waals surface area contributed by atoms with Crippen LogP contribution in [0.15, 0.2) is 48.5 Å². The number of amides is 2. The summed E-state index contributed by atoms with van der Waals surface area (Å²) < 4.78 is 5.47. The Labute approximate surface area is 212 Å². The summed E-state index contributed by atoms with van der Waals surface area (Å²) in [7, 11) is 0. The van der Waals surface area contributed by atoms with E-state index in [-0.39, 0.29) is 6.03 Å². The van der Waals surface area contributed by atoms with Crippen LogP contribution < -0.4 is 15.0 Å². The van der Waals surface area contributed by atoms with Crippen LogP contribution in [0.2, 0.25) is 5.02 Å². The molecule has 0 atom stereocenters. The zero-order valence-corrected chi connectivity index (χ0v) is 21.3. The van der Waals surface area contributed by atoms with Gasteiger partial charge in [-0.3, -0.25) is 0 Å². The van der Waals surface area contributed by atoms with E-state index >= 15 is 0 Å². The van der Waals surface area contributed by atoms with E-state index in [4.69, 9.17) is 26.3 Å². The molecule has 0 unspecified atom stereocenters. The number of carbonyl (C=O) groups excluding carboxylic acids is 1. The van der Waals surface area contributed by atoms with Crippen LogP contribution in [0.3, 0.4) is 0 Å². The van der Waals surface area contributed by atoms with E-state index in [9.17, 15) is 4.79 Å². The average Bonchev–Trinajstić information content (AvgIpc) is 2.87. The number of carbonyl (C=O) groups is 1. The van der Waals surface area contributed by atoms with Crippen molar-refractivity contribution in [3.8, 4) is 5.75 Å². The Bertz CT molecular complexity index is 1140. The zero-order valence-electron chi connectivity index (χ0n) is 20.6. The highest BCUT2D eigenvalue weighted by Gasteiger charge is 2.25. The number of urea groups is 1. The SMILES string of the molecule is CCOc1ccc(NC(=O)N2CCN(c3nc(C)nc(CC)c3Cc3ccc(Cl)cc3)CC2)cc1. The lowest BCUT2D eigenvalue weighted by Gasteiger charge is -2.36. The molecule has 8 heteroatoms. The molecule has 3 aromatic rings. The first-order valence-corrected chi connectivity index (χ1v) is 12.5. The van der Waals surface area contributed by atoms with Crippen molar-refractivity contribution in [2.75, 3.05) is 43.0 Å². The Morgan fingerprint density at radius 2 is 1.69 bits per heavy atom. The van der Waals surface area contributed by atoms with Gasteiger partial charge in [0.05, 0.1) is 6.61 Å². The molecule has 1 N–H and O–H groups in total. The molecular weight excluding hydrogens is 462 g/mol. The number of hydrogen-bond donors (Lipinski definition) is 1. The van der Waals surface area contributed by atoms with Gasteiger partial charge >= 0.3 is 6.03 Å². The lowest BCUT2D eigenvalue weighted by atomic mass is 10.0. The molecule has 7 nitrogen and oxygen atoms in total. The Kier molecular flexibility index (Phi) is 8.08. The second-order valence-corrected chi connectivity index (χ2v) is 8.97. The third-order valence-corrected chi connectivity index (χ3v) is 6.35. The predicted molar refractivity (Wildman–Crippen MR) is 141 cm³/mol. The number of aryl methyl sites for hydroxylation is 2. The molecule has 0 spiro atoms. The van der Waals surface area contributed by atoms with Gasteiger partial charge in [0, 0.05) is 54.6 Å². The first-order chi connectivity index (χ1) is 17.0. The van der Waals surface area contributed by atoms with Crippen LogP contribution >= 0.6 is 11.6 Å². The van der Waals surface area contributed by atoms with E-state index in [0.717, 1.165) is 52.2 Å². The molecule has 1 aliphatic rings. The van der Waals surface area contributed by atoms with Gasteiger partial charge in [0.1, 0.15) is 17.4 Å². The van der Waals surface area contributed by atoms with E-state index in [0.29, 0.717) is 32.8 Å². The van der Waals surface area contributed by atoms with E-state index in [1.54, 1.807) is 0 Å². The van der Waals surface area contributed by atoms with Crippen LogP contribution in [0.4, 0.5) is 16.3 Å². The lowest BCUT2D eigenvalue weighted by molar-refractivity contribution is 0.208. The molecule has 0 radical (unpaired) electrons. The number of nitrogens with one attached hydrogen (secondary N) is 1. The second kappa shape index (κ2) is 11.4. The van der Waals surface area contributed by atoms with Gasteiger partial charge in [0.15, 0.2) is 0 Å². The van der Waals surface area contributed by atoms with Gasteiger partial charge in [0.25, 0.3) is 0 Å². The van der Waals surface area contributed by atoms with E-state index in [2.05, 4.69) is 29.3 Å². The molecule has 4 rings (SSSR count). The normalized spacial score (nSPS) is 13.6. The molecule has 2 amide bonds. The van der Waals surface area contributed by atoms with E-state index in [1.165, 1.54) is 5.56 Å². The Morgan fingerprint density at radius 3 is 2.31 bits per heavy atom. The van der Waals surface area contributed by atoms with Gasteiger partial charge in [-0.25, -0.2) is 14.8 Å². The van der Waals surface area contributed by atoms with Crippen molar-refractivity contribution in [2.24, 2.45) is 0 Å². The van der Waals surface area contributed by atoms with Gasteiger partial charge < -0.3 is 19.9 Å². The number of ether oxygens (including phenoxy) is 1. The van der Waals surface area contributed by atoms with Crippen molar-refractivity contribution in [1.29, 1.82) is 0 Å². The fraction of sp³-hybridized carbons (Fsp3) is 0.370. The Balaban J connectivity index is 1.45. The number of nitrogens with zero attached hydrogens (tertiary/aromatic N) is 4. The fourth-order valence-corrected chi connectivity index (χ4v) is 4.43. The summed E-state index contributed by atoms with van der Waals surface area (Å²) in [5.41, 5.74) is 4.14. The van der Waals surface area contributed by atoms with E-state index in [1.807, 2.05) is 55.1 Å². The smallest absolute Gasteiger partial charge is 0.321 e. The monoisotopic (exact) mass is 493 g/mol. The van der Waals surface area contributed by atoms with Crippen LogP contribution in [0, 0.1) is 6.92 Å². The molecule has 1 aliphatic heterocycles. The maximum Gasteiger partial charge on any atom is 0.321 e. The molecule has 35 heavy (non-hydrogen) atoms. The molecular formula is C27H32ClN5O2. The third-order valence-electron chi connectivity index (χ3n) is 6.09. The topological polar surface area (TPSA) is 70.6 Å². The number of hydrogen-bond acceptors (Lipinski definition) is 5. The molecule has 1 fully saturated rings. The predicted octanol–water partition coefficient (Wildman–Crippen LogP) is 5.34. The van der Waals surface area contributed by atoms with Gasteiger partial charge in [-0.05, 0) is 62.2 Å². The quantitative estimate of drug-likeness (QED) is 0.480. The van der Waals surface area contributed by atoms with Crippen molar-refractivity contribution < 1.29 is 9.53 Å². The molecule has 2 heterocycles. The number of rotatable bonds is 7. The maximum atomic E-state index is 12.8. The van der Waals surface area contributed by atoms with Gasteiger partial charge in [-0.15, -0.1) is 0 Å². The first kappa shape index (κ1) is 24.8. The highest BCUT2D eigenvalue weighted by Crippen LogP contribution is 2.27. The van der Waals surface area contributed by atoms with E-state index < -0.39 is 0 Å². The summed E-state index contributed by atoms with van der Waals surface area (Å²) in [6.45, 7) is 9.29. The minimum Gasteiger partial charge on any atom is -0.494 e. The van der Waals surface area contributed by atoms with Crippen LogP contribution in [-0.4, -0.2) is 53.7 Å². The fourth-order valence-electron chi connectivity index (χ4n) is 4.30. The zero-order chi connectivity index (χ0) is 24.8. The third kappa shape index (κ3) is 6.22. The standard InChI is InChI=1S/C27H32ClN5O2/c1-4-25-24(18-20-6-8-21(28)9-7-20)26(30-19(3)29-25)32-14-16-33(17-15-32)27(34)31-22-10-12-23(13-11-22)35-5-2/h6-13H,4-5,14-18H2,1-3H3,(H,31,34). The molecule has 1 aromatic heterocycles. The highest BCUT2D eigenvalue weighted by atomic mass is 35.5. The number of halogens is 1. The maximum absolute atomic E-state index is 12.8. The number of anilines is 2. The van der Waals surface area contributed by atoms with Crippen LogP contribution in [0.1, 0.15) is 36.5 Å². The largest absolute Gasteiger partial charge is 0.494 e. The minimum atomic E-state index is -0.0942. The van der Waals surface area contributed by atoms with Crippen molar-refractivity contribution in [1.82, 2.24) is 14.9 Å². The summed E-state index contributed by atoms with van der Waals surface area (Å²) in [6, 6.07) is 15.3.